The van der Waals surface area contributed by atoms with Crippen molar-refractivity contribution in [3.63, 3.8) is 0 Å². The minimum Gasteiger partial charge on any atom is -0.329 e. The lowest BCUT2D eigenvalue weighted by molar-refractivity contribution is -0.159. The summed E-state index contributed by atoms with van der Waals surface area (Å²) in [6.45, 7) is -0.114. The van der Waals surface area contributed by atoms with Crippen LogP contribution in [0.4, 0.5) is 22.0 Å². The van der Waals surface area contributed by atoms with Crippen LogP contribution >= 0.6 is 0 Å². The molecule has 2 heterocycles. The van der Waals surface area contributed by atoms with Crippen LogP contribution in [0.1, 0.15) is 5.89 Å². The largest absolute Gasteiger partial charge is 0.471 e. The molecule has 0 radical (unpaired) electrons. The van der Waals surface area contributed by atoms with E-state index in [9.17, 15) is 30.4 Å². The predicted octanol–water partition coefficient (Wildman–Crippen LogP) is 3.36. The molecule has 0 fully saturated rings. The zero-order valence-corrected chi connectivity index (χ0v) is 16.6. The summed E-state index contributed by atoms with van der Waals surface area (Å²) in [5.41, 5.74) is 1.18. The Morgan fingerprint density at radius 1 is 1.09 bits per heavy atom. The molecular weight excluding hydrogens is 461 g/mol. The van der Waals surface area contributed by atoms with Gasteiger partial charge >= 0.3 is 12.1 Å². The van der Waals surface area contributed by atoms with E-state index >= 15 is 0 Å². The molecule has 0 aliphatic heterocycles. The maximum absolute atomic E-state index is 13.8. The smallest absolute Gasteiger partial charge is 0.329 e. The Morgan fingerprint density at radius 2 is 1.88 bits per heavy atom. The van der Waals surface area contributed by atoms with Crippen LogP contribution < -0.4 is 4.72 Å². The van der Waals surface area contributed by atoms with Gasteiger partial charge in [0.1, 0.15) is 16.5 Å². The fourth-order valence-electron chi connectivity index (χ4n) is 2.90. The van der Waals surface area contributed by atoms with Crippen molar-refractivity contribution < 1.29 is 34.9 Å². The average molecular weight is 473 g/mol. The summed E-state index contributed by atoms with van der Waals surface area (Å²) in [7, 11) is -4.24. The van der Waals surface area contributed by atoms with E-state index in [1.165, 1.54) is 29.1 Å². The number of alkyl halides is 3. The standard InChI is InChI=1S/C18H12F5N5O3S/c19-11-2-4-15(12(20)8-11)32(29,30)25-5-6-28-9-24-13-3-1-10(7-14(13)28)16-26-17(31-27-16)18(21,22)23/h1-4,7-9,25H,5-6H2. The molecule has 0 bridgehead atoms. The van der Waals surface area contributed by atoms with Crippen LogP contribution in [0.25, 0.3) is 22.4 Å². The highest BCUT2D eigenvalue weighted by Crippen LogP contribution is 2.30. The van der Waals surface area contributed by atoms with Crippen LogP contribution in [0.3, 0.4) is 0 Å². The molecule has 2 aromatic carbocycles. The van der Waals surface area contributed by atoms with Gasteiger partial charge in [0.25, 0.3) is 0 Å². The number of aromatic nitrogens is 4. The predicted molar refractivity (Wildman–Crippen MR) is 99.6 cm³/mol. The molecule has 0 amide bonds. The van der Waals surface area contributed by atoms with E-state index in [4.69, 9.17) is 0 Å². The van der Waals surface area contributed by atoms with Gasteiger partial charge < -0.3 is 9.09 Å². The van der Waals surface area contributed by atoms with E-state index in [1.54, 1.807) is 0 Å². The number of hydrogen-bond donors (Lipinski definition) is 1. The number of hydrogen-bond acceptors (Lipinski definition) is 6. The molecule has 0 unspecified atom stereocenters. The first-order valence-corrected chi connectivity index (χ1v) is 10.3. The SMILES string of the molecule is O=S(=O)(NCCn1cnc2ccc(-c3noc(C(F)(F)F)n3)cc21)c1ccc(F)cc1F. The zero-order valence-electron chi connectivity index (χ0n) is 15.8. The molecule has 1 N–H and O–H groups in total. The average Bonchev–Trinajstić information content (AvgIpc) is 3.34. The number of sulfonamides is 1. The Hall–Kier alpha value is -3.39. The molecule has 0 atom stereocenters. The molecule has 0 spiro atoms. The first kappa shape index (κ1) is 21.8. The van der Waals surface area contributed by atoms with Gasteiger partial charge in [-0.05, 0) is 30.3 Å². The molecule has 2 aromatic heterocycles. The van der Waals surface area contributed by atoms with Crippen LogP contribution in [0.15, 0.2) is 52.1 Å². The Bertz CT molecular complexity index is 1400. The van der Waals surface area contributed by atoms with Crippen molar-refractivity contribution in [2.45, 2.75) is 17.6 Å². The van der Waals surface area contributed by atoms with Crippen molar-refractivity contribution in [1.29, 1.82) is 0 Å². The fourth-order valence-corrected chi connectivity index (χ4v) is 3.98. The van der Waals surface area contributed by atoms with Gasteiger partial charge in [-0.25, -0.2) is 26.9 Å². The highest BCUT2D eigenvalue weighted by atomic mass is 32.2. The molecule has 4 rings (SSSR count). The van der Waals surface area contributed by atoms with Crippen molar-refractivity contribution in [1.82, 2.24) is 24.4 Å². The molecule has 0 aliphatic carbocycles. The summed E-state index contributed by atoms with van der Waals surface area (Å²) >= 11 is 0. The fraction of sp³-hybridized carbons (Fsp3) is 0.167. The van der Waals surface area contributed by atoms with Crippen LogP contribution in [0.5, 0.6) is 0 Å². The van der Waals surface area contributed by atoms with E-state index < -0.39 is 38.6 Å². The van der Waals surface area contributed by atoms with E-state index in [2.05, 4.69) is 24.4 Å². The number of halogens is 5. The normalized spacial score (nSPS) is 12.5. The van der Waals surface area contributed by atoms with E-state index in [-0.39, 0.29) is 24.5 Å². The van der Waals surface area contributed by atoms with Crippen molar-refractivity contribution in [3.05, 3.63) is 60.3 Å². The highest BCUT2D eigenvalue weighted by molar-refractivity contribution is 7.89. The van der Waals surface area contributed by atoms with Gasteiger partial charge in [0.2, 0.25) is 15.8 Å². The Kier molecular flexibility index (Phi) is 5.42. The zero-order chi connectivity index (χ0) is 23.1. The highest BCUT2D eigenvalue weighted by Gasteiger charge is 2.38. The lowest BCUT2D eigenvalue weighted by Gasteiger charge is -2.09. The first-order valence-electron chi connectivity index (χ1n) is 8.85. The Morgan fingerprint density at radius 3 is 2.56 bits per heavy atom. The van der Waals surface area contributed by atoms with E-state index in [1.807, 2.05) is 0 Å². The number of rotatable bonds is 6. The number of fused-ring (bicyclic) bond motifs is 1. The number of benzene rings is 2. The maximum Gasteiger partial charge on any atom is 0.471 e. The summed E-state index contributed by atoms with van der Waals surface area (Å²) in [4.78, 5) is 6.76. The molecule has 0 aliphatic rings. The minimum atomic E-state index is -4.78. The van der Waals surface area contributed by atoms with Gasteiger partial charge in [0, 0.05) is 24.7 Å². The Labute approximate surface area is 176 Å². The number of imidazole rings is 1. The van der Waals surface area contributed by atoms with Crippen molar-refractivity contribution in [2.24, 2.45) is 0 Å². The van der Waals surface area contributed by atoms with E-state index in [0.717, 1.165) is 12.1 Å². The van der Waals surface area contributed by atoms with Crippen LogP contribution in [-0.2, 0) is 22.7 Å². The first-order chi connectivity index (χ1) is 15.0. The second kappa shape index (κ2) is 7.94. The summed E-state index contributed by atoms with van der Waals surface area (Å²) in [6, 6.07) is 6.56. The van der Waals surface area contributed by atoms with Gasteiger partial charge in [0.05, 0.1) is 17.4 Å². The van der Waals surface area contributed by atoms with Gasteiger partial charge in [-0.3, -0.25) is 0 Å². The molecule has 4 aromatic rings. The molecule has 14 heteroatoms. The second-order valence-corrected chi connectivity index (χ2v) is 8.27. The molecule has 32 heavy (non-hydrogen) atoms. The third kappa shape index (κ3) is 4.31. The third-order valence-corrected chi connectivity index (χ3v) is 5.87. The minimum absolute atomic E-state index is 0.0576. The molecule has 8 nitrogen and oxygen atoms in total. The van der Waals surface area contributed by atoms with Crippen molar-refractivity contribution in [3.8, 4) is 11.4 Å². The summed E-state index contributed by atoms with van der Waals surface area (Å²) in [5.74, 6) is -3.90. The van der Waals surface area contributed by atoms with E-state index in [0.29, 0.717) is 17.1 Å². The van der Waals surface area contributed by atoms with Gasteiger partial charge in [-0.2, -0.15) is 18.2 Å². The van der Waals surface area contributed by atoms with Gasteiger partial charge in [-0.1, -0.05) is 5.16 Å². The molecule has 0 saturated carbocycles. The number of nitrogens with zero attached hydrogens (tertiary/aromatic N) is 4. The Balaban J connectivity index is 1.53. The van der Waals surface area contributed by atoms with Crippen LogP contribution in [0, 0.1) is 11.6 Å². The molecular formula is C18H12F5N5O3S. The summed E-state index contributed by atoms with van der Waals surface area (Å²) in [6.07, 6.45) is -3.38. The van der Waals surface area contributed by atoms with Gasteiger partial charge in [0.15, 0.2) is 0 Å². The summed E-state index contributed by atoms with van der Waals surface area (Å²) < 4.78 is 97.3. The molecule has 168 valence electrons. The lowest BCUT2D eigenvalue weighted by Crippen LogP contribution is -2.28. The quantitative estimate of drug-likeness (QED) is 0.431. The van der Waals surface area contributed by atoms with Crippen LogP contribution in [0.2, 0.25) is 0 Å². The second-order valence-electron chi connectivity index (χ2n) is 6.53. The van der Waals surface area contributed by atoms with Gasteiger partial charge in [-0.15, -0.1) is 0 Å². The lowest BCUT2D eigenvalue weighted by atomic mass is 10.2. The topological polar surface area (TPSA) is 103 Å². The van der Waals surface area contributed by atoms with Crippen molar-refractivity contribution >= 4 is 21.1 Å². The van der Waals surface area contributed by atoms with Crippen molar-refractivity contribution in [2.75, 3.05) is 6.54 Å². The maximum atomic E-state index is 13.8. The molecule has 0 saturated heterocycles. The third-order valence-electron chi connectivity index (χ3n) is 4.38. The summed E-state index contributed by atoms with van der Waals surface area (Å²) in [5, 5.41) is 3.33. The number of nitrogens with one attached hydrogen (secondary N) is 1. The van der Waals surface area contributed by atoms with Crippen LogP contribution in [-0.4, -0.2) is 34.7 Å². The monoisotopic (exact) mass is 473 g/mol.